The Balaban J connectivity index is 0.00000112. The molecule has 0 heterocycles. The van der Waals surface area contributed by atoms with Crippen molar-refractivity contribution in [3.8, 4) is 0 Å². The SMILES string of the molecule is CC(=O)C1=[C-]CC=C1c1ccccc1.[Fe]. The van der Waals surface area contributed by atoms with E-state index in [1.54, 1.807) is 6.92 Å². The third-order valence-electron chi connectivity index (χ3n) is 2.29. The number of Topliss-reactive ketones (excluding diaryl/α,β-unsaturated/α-hetero) is 1. The van der Waals surface area contributed by atoms with Crippen molar-refractivity contribution in [2.24, 2.45) is 0 Å². The normalized spacial score (nSPS) is 13.9. The zero-order chi connectivity index (χ0) is 9.97. The summed E-state index contributed by atoms with van der Waals surface area (Å²) in [6.07, 6.45) is 5.88. The minimum atomic E-state index is 0. The molecule has 0 saturated heterocycles. The van der Waals surface area contributed by atoms with Gasteiger partial charge in [-0.3, -0.25) is 0 Å². The van der Waals surface area contributed by atoms with Gasteiger partial charge in [0, 0.05) is 22.9 Å². The topological polar surface area (TPSA) is 17.1 Å². The fourth-order valence-electron chi connectivity index (χ4n) is 1.65. The van der Waals surface area contributed by atoms with Crippen molar-refractivity contribution in [2.45, 2.75) is 13.3 Å². The van der Waals surface area contributed by atoms with Gasteiger partial charge in [0.05, 0.1) is 0 Å². The van der Waals surface area contributed by atoms with Crippen LogP contribution >= 0.6 is 0 Å². The quantitative estimate of drug-likeness (QED) is 0.572. The average Bonchev–Trinajstić information content (AvgIpc) is 2.67. The van der Waals surface area contributed by atoms with Gasteiger partial charge in [0.2, 0.25) is 0 Å². The van der Waals surface area contributed by atoms with E-state index in [1.807, 2.05) is 36.4 Å². The van der Waals surface area contributed by atoms with Crippen molar-refractivity contribution < 1.29 is 21.9 Å². The summed E-state index contributed by atoms with van der Waals surface area (Å²) >= 11 is 0. The second kappa shape index (κ2) is 5.11. The van der Waals surface area contributed by atoms with Crippen LogP contribution in [0.15, 0.2) is 42.0 Å². The predicted molar refractivity (Wildman–Crippen MR) is 56.5 cm³/mol. The molecule has 0 aliphatic heterocycles. The van der Waals surface area contributed by atoms with E-state index in [4.69, 9.17) is 0 Å². The molecule has 0 unspecified atom stereocenters. The summed E-state index contributed by atoms with van der Waals surface area (Å²) in [6.45, 7) is 1.59. The predicted octanol–water partition coefficient (Wildman–Crippen LogP) is 2.79. The molecule has 0 spiro atoms. The molecule has 0 aromatic heterocycles. The second-order valence-electron chi connectivity index (χ2n) is 3.30. The molecule has 0 radical (unpaired) electrons. The van der Waals surface area contributed by atoms with E-state index < -0.39 is 0 Å². The number of allylic oxidation sites excluding steroid dienone is 4. The first-order valence-electron chi connectivity index (χ1n) is 4.67. The first-order chi connectivity index (χ1) is 6.79. The summed E-state index contributed by atoms with van der Waals surface area (Å²) < 4.78 is 0. The number of carbonyl (C=O) groups is 1. The second-order valence-corrected chi connectivity index (χ2v) is 3.30. The van der Waals surface area contributed by atoms with Gasteiger partial charge in [0.25, 0.3) is 0 Å². The van der Waals surface area contributed by atoms with Crippen LogP contribution in [0.5, 0.6) is 0 Å². The van der Waals surface area contributed by atoms with E-state index in [0.717, 1.165) is 23.1 Å². The van der Waals surface area contributed by atoms with Crippen LogP contribution in [0.2, 0.25) is 0 Å². The minimum Gasteiger partial charge on any atom is -0.371 e. The summed E-state index contributed by atoms with van der Waals surface area (Å²) in [5.41, 5.74) is 2.86. The van der Waals surface area contributed by atoms with Gasteiger partial charge in [-0.1, -0.05) is 42.3 Å². The molecule has 1 aromatic carbocycles. The minimum absolute atomic E-state index is 0. The van der Waals surface area contributed by atoms with Crippen LogP contribution in [0.25, 0.3) is 5.57 Å². The molecule has 15 heavy (non-hydrogen) atoms. The Hall–Kier alpha value is -1.11. The Kier molecular flexibility index (Phi) is 4.07. The fraction of sp³-hybridized carbons (Fsp3) is 0.154. The largest absolute Gasteiger partial charge is 0.371 e. The maximum Gasteiger partial charge on any atom is 0.0470 e. The summed E-state index contributed by atoms with van der Waals surface area (Å²) in [4.78, 5) is 11.3. The Labute approximate surface area is 100 Å². The van der Waals surface area contributed by atoms with Crippen LogP contribution in [0.3, 0.4) is 0 Å². The van der Waals surface area contributed by atoms with Crippen molar-refractivity contribution >= 4 is 11.4 Å². The number of rotatable bonds is 2. The zero-order valence-corrected chi connectivity index (χ0v) is 9.54. The van der Waals surface area contributed by atoms with Crippen LogP contribution in [0, 0.1) is 6.08 Å². The van der Waals surface area contributed by atoms with Gasteiger partial charge in [-0.25, -0.2) is 0 Å². The molecule has 1 aliphatic carbocycles. The van der Waals surface area contributed by atoms with E-state index in [2.05, 4.69) is 6.08 Å². The molecule has 1 aromatic rings. The molecule has 0 atom stereocenters. The van der Waals surface area contributed by atoms with Gasteiger partial charge >= 0.3 is 0 Å². The van der Waals surface area contributed by atoms with Crippen molar-refractivity contribution in [2.75, 3.05) is 0 Å². The Morgan fingerprint density at radius 2 is 1.93 bits per heavy atom. The molecular formula is C13H11FeO-. The Bertz CT molecular complexity index is 415. The van der Waals surface area contributed by atoms with E-state index in [-0.39, 0.29) is 22.9 Å². The van der Waals surface area contributed by atoms with E-state index in [9.17, 15) is 4.79 Å². The summed E-state index contributed by atoms with van der Waals surface area (Å²) in [6, 6.07) is 9.96. The van der Waals surface area contributed by atoms with Crippen LogP contribution in [0.4, 0.5) is 0 Å². The molecule has 1 nitrogen and oxygen atoms in total. The van der Waals surface area contributed by atoms with Crippen LogP contribution in [0.1, 0.15) is 18.9 Å². The molecule has 78 valence electrons. The van der Waals surface area contributed by atoms with Gasteiger partial charge in [-0.15, -0.1) is 17.2 Å². The molecule has 0 amide bonds. The Morgan fingerprint density at radius 1 is 1.27 bits per heavy atom. The van der Waals surface area contributed by atoms with Gasteiger partial charge < -0.3 is 4.79 Å². The summed E-state index contributed by atoms with van der Waals surface area (Å²) in [7, 11) is 0. The number of hydrogen-bond acceptors (Lipinski definition) is 1. The standard InChI is InChI=1S/C13H11O.Fe/c1-10(14)12-8-5-9-13(12)11-6-3-2-4-7-11;/h2-4,6-7,9H,5H2,1H3;/q-1;. The van der Waals surface area contributed by atoms with E-state index >= 15 is 0 Å². The average molecular weight is 239 g/mol. The van der Waals surface area contributed by atoms with Crippen molar-refractivity contribution in [3.05, 3.63) is 53.6 Å². The maximum atomic E-state index is 11.3. The number of ketones is 1. The number of hydrogen-bond donors (Lipinski definition) is 0. The third kappa shape index (κ3) is 2.47. The maximum absolute atomic E-state index is 11.3. The molecule has 0 saturated carbocycles. The van der Waals surface area contributed by atoms with E-state index in [1.165, 1.54) is 0 Å². The first-order valence-corrected chi connectivity index (χ1v) is 4.67. The Morgan fingerprint density at radius 3 is 2.53 bits per heavy atom. The number of benzene rings is 1. The van der Waals surface area contributed by atoms with Gasteiger partial charge in [-0.2, -0.15) is 6.08 Å². The molecule has 0 fully saturated rings. The molecule has 2 rings (SSSR count). The molecule has 2 heteroatoms. The first kappa shape index (κ1) is 12.0. The van der Waals surface area contributed by atoms with Gasteiger partial charge in [0.15, 0.2) is 0 Å². The van der Waals surface area contributed by atoms with Crippen LogP contribution < -0.4 is 0 Å². The smallest absolute Gasteiger partial charge is 0.0470 e. The molecule has 0 bridgehead atoms. The third-order valence-corrected chi connectivity index (χ3v) is 2.29. The fourth-order valence-corrected chi connectivity index (χ4v) is 1.65. The number of carbonyl (C=O) groups excluding carboxylic acids is 1. The van der Waals surface area contributed by atoms with Gasteiger partial charge in [0.1, 0.15) is 0 Å². The zero-order valence-electron chi connectivity index (χ0n) is 8.43. The van der Waals surface area contributed by atoms with E-state index in [0.29, 0.717) is 0 Å². The monoisotopic (exact) mass is 239 g/mol. The summed E-state index contributed by atoms with van der Waals surface area (Å²) in [5.74, 6) is 0.0950. The van der Waals surface area contributed by atoms with Crippen molar-refractivity contribution in [1.29, 1.82) is 0 Å². The molecule has 0 N–H and O–H groups in total. The summed E-state index contributed by atoms with van der Waals surface area (Å²) in [5, 5.41) is 0. The van der Waals surface area contributed by atoms with Crippen molar-refractivity contribution in [3.63, 3.8) is 0 Å². The molecule has 1 aliphatic rings. The van der Waals surface area contributed by atoms with Crippen LogP contribution in [-0.2, 0) is 21.9 Å². The van der Waals surface area contributed by atoms with Crippen molar-refractivity contribution in [1.82, 2.24) is 0 Å². The van der Waals surface area contributed by atoms with Crippen LogP contribution in [-0.4, -0.2) is 5.78 Å². The van der Waals surface area contributed by atoms with Gasteiger partial charge in [-0.05, 0) is 6.92 Å². The molecular weight excluding hydrogens is 228 g/mol.